The van der Waals surface area contributed by atoms with Crippen LogP contribution in [0, 0.1) is 3.57 Å². The molecule has 2 N–H and O–H groups in total. The van der Waals surface area contributed by atoms with Gasteiger partial charge >= 0.3 is 0 Å². The summed E-state index contributed by atoms with van der Waals surface area (Å²) in [7, 11) is 3.22. The SMILES string of the molecule is COc1cc(OC)cc(-c2nc(N)c(I)c(C(C)C)n2)c1. The van der Waals surface area contributed by atoms with E-state index in [0.29, 0.717) is 23.1 Å². The number of hydrogen-bond acceptors (Lipinski definition) is 5. The molecule has 1 aromatic carbocycles. The molecule has 0 unspecified atom stereocenters. The fourth-order valence-corrected chi connectivity index (χ4v) is 2.79. The first-order valence-corrected chi connectivity index (χ1v) is 7.60. The molecule has 0 amide bonds. The smallest absolute Gasteiger partial charge is 0.162 e. The Kier molecular flexibility index (Phi) is 4.87. The van der Waals surface area contributed by atoms with Crippen LogP contribution in [0.5, 0.6) is 11.5 Å². The number of aromatic nitrogens is 2. The Morgan fingerprint density at radius 2 is 1.62 bits per heavy atom. The van der Waals surface area contributed by atoms with E-state index in [2.05, 4.69) is 46.4 Å². The van der Waals surface area contributed by atoms with Gasteiger partial charge in [0.1, 0.15) is 17.3 Å². The Morgan fingerprint density at radius 3 is 2.10 bits per heavy atom. The monoisotopic (exact) mass is 399 g/mol. The quantitative estimate of drug-likeness (QED) is 0.798. The lowest BCUT2D eigenvalue weighted by Gasteiger charge is -2.13. The van der Waals surface area contributed by atoms with E-state index in [4.69, 9.17) is 15.2 Å². The van der Waals surface area contributed by atoms with Crippen molar-refractivity contribution >= 4 is 28.4 Å². The Bertz CT molecular complexity index is 637. The summed E-state index contributed by atoms with van der Waals surface area (Å²) in [6.07, 6.45) is 0. The molecule has 0 atom stereocenters. The van der Waals surface area contributed by atoms with Crippen LogP contribution in [0.15, 0.2) is 18.2 Å². The van der Waals surface area contributed by atoms with E-state index in [1.807, 2.05) is 18.2 Å². The van der Waals surface area contributed by atoms with E-state index >= 15 is 0 Å². The van der Waals surface area contributed by atoms with E-state index in [1.54, 1.807) is 14.2 Å². The zero-order chi connectivity index (χ0) is 15.6. The standard InChI is InChI=1S/C15H18IN3O2/c1-8(2)13-12(16)14(17)19-15(18-13)9-5-10(20-3)7-11(6-9)21-4/h5-8H,1-4H3,(H2,17,18,19). The Labute approximate surface area is 138 Å². The van der Waals surface area contributed by atoms with Gasteiger partial charge in [0.2, 0.25) is 0 Å². The van der Waals surface area contributed by atoms with Crippen LogP contribution in [0.25, 0.3) is 11.4 Å². The number of hydrogen-bond donors (Lipinski definition) is 1. The van der Waals surface area contributed by atoms with Gasteiger partial charge in [0.25, 0.3) is 0 Å². The van der Waals surface area contributed by atoms with Gasteiger partial charge < -0.3 is 15.2 Å². The number of halogens is 1. The lowest BCUT2D eigenvalue weighted by molar-refractivity contribution is 0.394. The molecule has 0 fully saturated rings. The number of nitrogen functional groups attached to an aromatic ring is 1. The van der Waals surface area contributed by atoms with Crippen LogP contribution in [0.1, 0.15) is 25.5 Å². The number of methoxy groups -OCH3 is 2. The predicted octanol–water partition coefficient (Wildman–Crippen LogP) is 3.47. The fourth-order valence-electron chi connectivity index (χ4n) is 1.93. The highest BCUT2D eigenvalue weighted by Gasteiger charge is 2.15. The van der Waals surface area contributed by atoms with Crippen LogP contribution < -0.4 is 15.2 Å². The lowest BCUT2D eigenvalue weighted by Crippen LogP contribution is -2.06. The third-order valence-electron chi connectivity index (χ3n) is 3.06. The Hall–Kier alpha value is -1.57. The van der Waals surface area contributed by atoms with Crippen molar-refractivity contribution in [2.75, 3.05) is 20.0 Å². The van der Waals surface area contributed by atoms with Crippen molar-refractivity contribution in [1.29, 1.82) is 0 Å². The third kappa shape index (κ3) is 3.37. The second-order valence-electron chi connectivity index (χ2n) is 4.89. The highest BCUT2D eigenvalue weighted by molar-refractivity contribution is 14.1. The molecule has 0 saturated heterocycles. The second-order valence-corrected chi connectivity index (χ2v) is 5.97. The van der Waals surface area contributed by atoms with Crippen molar-refractivity contribution in [3.8, 4) is 22.9 Å². The summed E-state index contributed by atoms with van der Waals surface area (Å²) in [5, 5.41) is 0. The summed E-state index contributed by atoms with van der Waals surface area (Å²) in [4.78, 5) is 9.03. The Balaban J connectivity index is 2.61. The van der Waals surface area contributed by atoms with Gasteiger partial charge in [-0.1, -0.05) is 13.8 Å². The van der Waals surface area contributed by atoms with Crippen molar-refractivity contribution in [3.05, 3.63) is 27.5 Å². The molecule has 1 aromatic heterocycles. The first-order chi connectivity index (χ1) is 9.96. The molecule has 0 bridgehead atoms. The first-order valence-electron chi connectivity index (χ1n) is 6.52. The maximum absolute atomic E-state index is 6.02. The van der Waals surface area contributed by atoms with Crippen molar-refractivity contribution < 1.29 is 9.47 Å². The van der Waals surface area contributed by atoms with Crippen LogP contribution in [-0.2, 0) is 0 Å². The van der Waals surface area contributed by atoms with Gasteiger partial charge in [-0.05, 0) is 40.6 Å². The van der Waals surface area contributed by atoms with Crippen LogP contribution in [0.2, 0.25) is 0 Å². The van der Waals surface area contributed by atoms with E-state index in [0.717, 1.165) is 14.8 Å². The average Bonchev–Trinajstić information content (AvgIpc) is 2.48. The van der Waals surface area contributed by atoms with Crippen molar-refractivity contribution in [2.24, 2.45) is 0 Å². The lowest BCUT2D eigenvalue weighted by atomic mass is 10.1. The van der Waals surface area contributed by atoms with E-state index in [-0.39, 0.29) is 5.92 Å². The molecular weight excluding hydrogens is 381 g/mol. The highest BCUT2D eigenvalue weighted by atomic mass is 127. The zero-order valence-electron chi connectivity index (χ0n) is 12.5. The average molecular weight is 399 g/mol. The summed E-state index contributed by atoms with van der Waals surface area (Å²) in [5.74, 6) is 2.72. The fraction of sp³-hybridized carbons (Fsp3) is 0.333. The van der Waals surface area contributed by atoms with Gasteiger partial charge in [-0.2, -0.15) is 0 Å². The van der Waals surface area contributed by atoms with Crippen LogP contribution in [0.3, 0.4) is 0 Å². The topological polar surface area (TPSA) is 70.3 Å². The van der Waals surface area contributed by atoms with E-state index in [1.165, 1.54) is 0 Å². The minimum Gasteiger partial charge on any atom is -0.497 e. The molecular formula is C15H18IN3O2. The van der Waals surface area contributed by atoms with Gasteiger partial charge in [-0.25, -0.2) is 9.97 Å². The van der Waals surface area contributed by atoms with Gasteiger partial charge in [-0.3, -0.25) is 0 Å². The number of nitrogens with two attached hydrogens (primary N) is 1. The summed E-state index contributed by atoms with van der Waals surface area (Å²) in [6.45, 7) is 4.17. The number of nitrogens with zero attached hydrogens (tertiary/aromatic N) is 2. The molecule has 0 aliphatic carbocycles. The molecule has 0 spiro atoms. The summed E-state index contributed by atoms with van der Waals surface area (Å²) in [6, 6.07) is 5.55. The van der Waals surface area contributed by atoms with Gasteiger partial charge in [-0.15, -0.1) is 0 Å². The highest BCUT2D eigenvalue weighted by Crippen LogP contribution is 2.31. The van der Waals surface area contributed by atoms with Crippen molar-refractivity contribution in [2.45, 2.75) is 19.8 Å². The van der Waals surface area contributed by atoms with Gasteiger partial charge in [0.05, 0.1) is 23.5 Å². The van der Waals surface area contributed by atoms with Gasteiger partial charge in [0.15, 0.2) is 5.82 Å². The first kappa shape index (κ1) is 15.8. The Morgan fingerprint density at radius 1 is 1.05 bits per heavy atom. The predicted molar refractivity (Wildman–Crippen MR) is 91.8 cm³/mol. The molecule has 2 aromatic rings. The summed E-state index contributed by atoms with van der Waals surface area (Å²) in [5.41, 5.74) is 7.78. The second kappa shape index (κ2) is 6.46. The third-order valence-corrected chi connectivity index (χ3v) is 4.16. The van der Waals surface area contributed by atoms with Crippen molar-refractivity contribution in [3.63, 3.8) is 0 Å². The number of anilines is 1. The molecule has 6 heteroatoms. The molecule has 112 valence electrons. The molecule has 0 aliphatic rings. The summed E-state index contributed by atoms with van der Waals surface area (Å²) < 4.78 is 11.5. The molecule has 0 aliphatic heterocycles. The zero-order valence-corrected chi connectivity index (χ0v) is 14.6. The van der Waals surface area contributed by atoms with Crippen LogP contribution in [0.4, 0.5) is 5.82 Å². The normalized spacial score (nSPS) is 10.8. The molecule has 1 heterocycles. The molecule has 2 rings (SSSR count). The largest absolute Gasteiger partial charge is 0.497 e. The van der Waals surface area contributed by atoms with Crippen LogP contribution in [-0.4, -0.2) is 24.2 Å². The van der Waals surface area contributed by atoms with Gasteiger partial charge in [0, 0.05) is 11.6 Å². The maximum Gasteiger partial charge on any atom is 0.162 e. The van der Waals surface area contributed by atoms with Crippen molar-refractivity contribution in [1.82, 2.24) is 9.97 Å². The van der Waals surface area contributed by atoms with E-state index in [9.17, 15) is 0 Å². The number of ether oxygens (including phenoxy) is 2. The minimum absolute atomic E-state index is 0.272. The van der Waals surface area contributed by atoms with E-state index < -0.39 is 0 Å². The van der Waals surface area contributed by atoms with Crippen LogP contribution >= 0.6 is 22.6 Å². The number of benzene rings is 1. The molecule has 21 heavy (non-hydrogen) atoms. The minimum atomic E-state index is 0.272. The molecule has 5 nitrogen and oxygen atoms in total. The maximum atomic E-state index is 6.02. The number of rotatable bonds is 4. The summed E-state index contributed by atoms with van der Waals surface area (Å²) >= 11 is 2.18. The molecule has 0 radical (unpaired) electrons. The molecule has 0 saturated carbocycles.